The number of nitrogens with two attached hydrogens (primary N) is 1. The lowest BCUT2D eigenvalue weighted by atomic mass is 9.84. The van der Waals surface area contributed by atoms with Gasteiger partial charge in [0, 0.05) is 18.4 Å². The van der Waals surface area contributed by atoms with Crippen LogP contribution in [0.1, 0.15) is 32.4 Å². The normalized spacial score (nSPS) is 14.2. The Morgan fingerprint density at radius 2 is 2.00 bits per heavy atom. The molecule has 0 aliphatic heterocycles. The first-order valence-corrected chi connectivity index (χ1v) is 4.65. The van der Waals surface area contributed by atoms with Gasteiger partial charge in [0.05, 0.1) is 5.02 Å². The number of nitrogens with zero attached hydrogens (tertiary/aromatic N) is 1. The number of hydrogen-bond acceptors (Lipinski definition) is 2. The maximum absolute atomic E-state index is 6.04. The molecule has 0 saturated heterocycles. The van der Waals surface area contributed by atoms with Crippen LogP contribution in [0, 0.1) is 5.41 Å². The van der Waals surface area contributed by atoms with E-state index in [9.17, 15) is 0 Å². The molecule has 0 bridgehead atoms. The fourth-order valence-corrected chi connectivity index (χ4v) is 1.28. The fourth-order valence-electron chi connectivity index (χ4n) is 1.10. The van der Waals surface area contributed by atoms with Gasteiger partial charge in [-0.1, -0.05) is 32.4 Å². The van der Waals surface area contributed by atoms with Crippen LogP contribution in [-0.2, 0) is 0 Å². The van der Waals surface area contributed by atoms with Crippen molar-refractivity contribution in [3.63, 3.8) is 0 Å². The molecule has 1 rings (SSSR count). The summed E-state index contributed by atoms with van der Waals surface area (Å²) >= 11 is 5.82. The topological polar surface area (TPSA) is 38.9 Å². The predicted molar refractivity (Wildman–Crippen MR) is 55.6 cm³/mol. The third-order valence-electron chi connectivity index (χ3n) is 2.02. The number of halogens is 1. The van der Waals surface area contributed by atoms with E-state index in [0.717, 1.165) is 5.56 Å². The minimum absolute atomic E-state index is 0.0290. The van der Waals surface area contributed by atoms with E-state index in [0.29, 0.717) is 5.02 Å². The maximum atomic E-state index is 6.04. The van der Waals surface area contributed by atoms with Crippen molar-refractivity contribution in [1.82, 2.24) is 4.98 Å². The van der Waals surface area contributed by atoms with Crippen molar-refractivity contribution in [3.8, 4) is 0 Å². The Bertz CT molecular complexity index is 291. The van der Waals surface area contributed by atoms with Gasteiger partial charge >= 0.3 is 0 Å². The van der Waals surface area contributed by atoms with Crippen LogP contribution in [-0.4, -0.2) is 4.98 Å². The lowest BCUT2D eigenvalue weighted by Gasteiger charge is -2.27. The summed E-state index contributed by atoms with van der Waals surface area (Å²) in [5.74, 6) is 0. The summed E-state index contributed by atoms with van der Waals surface area (Å²) in [4.78, 5) is 4.01. The molecule has 0 aromatic carbocycles. The van der Waals surface area contributed by atoms with Crippen molar-refractivity contribution < 1.29 is 0 Å². The fraction of sp³-hybridized carbons (Fsp3) is 0.500. The van der Waals surface area contributed by atoms with E-state index in [1.54, 1.807) is 12.4 Å². The molecule has 1 heterocycles. The highest BCUT2D eigenvalue weighted by Gasteiger charge is 2.22. The van der Waals surface area contributed by atoms with Gasteiger partial charge in [0.15, 0.2) is 0 Å². The van der Waals surface area contributed by atoms with E-state index >= 15 is 0 Å². The first kappa shape index (κ1) is 10.5. The summed E-state index contributed by atoms with van der Waals surface area (Å²) in [6, 6.07) is 1.84. The highest BCUT2D eigenvalue weighted by atomic mass is 35.5. The SMILES string of the molecule is CC(C)(C)C(N)c1cncc(Cl)c1. The molecule has 0 aliphatic rings. The molecular weight excluding hydrogens is 184 g/mol. The van der Waals surface area contributed by atoms with Crippen LogP contribution in [0.2, 0.25) is 5.02 Å². The Morgan fingerprint density at radius 1 is 1.38 bits per heavy atom. The van der Waals surface area contributed by atoms with E-state index in [1.807, 2.05) is 6.07 Å². The Hall–Kier alpha value is -0.600. The van der Waals surface area contributed by atoms with Crippen molar-refractivity contribution in [3.05, 3.63) is 29.0 Å². The van der Waals surface area contributed by atoms with Crippen molar-refractivity contribution in [2.24, 2.45) is 11.1 Å². The van der Waals surface area contributed by atoms with Gasteiger partial charge in [-0.15, -0.1) is 0 Å². The second kappa shape index (κ2) is 3.64. The smallest absolute Gasteiger partial charge is 0.0592 e. The highest BCUT2D eigenvalue weighted by molar-refractivity contribution is 6.30. The van der Waals surface area contributed by atoms with E-state index in [1.165, 1.54) is 0 Å². The van der Waals surface area contributed by atoms with Crippen molar-refractivity contribution in [2.45, 2.75) is 26.8 Å². The van der Waals surface area contributed by atoms with E-state index in [-0.39, 0.29) is 11.5 Å². The number of rotatable bonds is 1. The van der Waals surface area contributed by atoms with Crippen LogP contribution in [0.25, 0.3) is 0 Å². The van der Waals surface area contributed by atoms with Gasteiger partial charge in [0.2, 0.25) is 0 Å². The Labute approximate surface area is 84.1 Å². The number of aromatic nitrogens is 1. The van der Waals surface area contributed by atoms with Crippen LogP contribution in [0.15, 0.2) is 18.5 Å². The highest BCUT2D eigenvalue weighted by Crippen LogP contribution is 2.30. The molecule has 13 heavy (non-hydrogen) atoms. The molecule has 3 heteroatoms. The Kier molecular flexibility index (Phi) is 2.94. The molecule has 1 unspecified atom stereocenters. The molecule has 1 atom stereocenters. The van der Waals surface area contributed by atoms with Crippen molar-refractivity contribution in [2.75, 3.05) is 0 Å². The second-order valence-corrected chi connectivity index (χ2v) is 4.72. The number of pyridine rings is 1. The molecule has 0 saturated carbocycles. The quantitative estimate of drug-likeness (QED) is 0.754. The van der Waals surface area contributed by atoms with Crippen LogP contribution in [0.3, 0.4) is 0 Å². The molecule has 1 aromatic rings. The minimum Gasteiger partial charge on any atom is -0.323 e. The van der Waals surface area contributed by atoms with Gasteiger partial charge in [0.25, 0.3) is 0 Å². The average molecular weight is 199 g/mol. The monoisotopic (exact) mass is 198 g/mol. The van der Waals surface area contributed by atoms with Gasteiger partial charge in [-0.25, -0.2) is 0 Å². The molecule has 0 spiro atoms. The van der Waals surface area contributed by atoms with E-state index in [2.05, 4.69) is 25.8 Å². The van der Waals surface area contributed by atoms with Crippen LogP contribution >= 0.6 is 11.6 Å². The molecule has 1 aromatic heterocycles. The lowest BCUT2D eigenvalue weighted by Crippen LogP contribution is -2.26. The van der Waals surface area contributed by atoms with Gasteiger partial charge < -0.3 is 5.73 Å². The molecule has 0 radical (unpaired) electrons. The van der Waals surface area contributed by atoms with Crippen LogP contribution < -0.4 is 5.73 Å². The third-order valence-corrected chi connectivity index (χ3v) is 2.22. The second-order valence-electron chi connectivity index (χ2n) is 4.28. The molecule has 0 aliphatic carbocycles. The molecule has 0 amide bonds. The van der Waals surface area contributed by atoms with Crippen molar-refractivity contribution in [1.29, 1.82) is 0 Å². The van der Waals surface area contributed by atoms with Crippen molar-refractivity contribution >= 4 is 11.6 Å². The zero-order chi connectivity index (χ0) is 10.1. The minimum atomic E-state index is -0.0290. The molecule has 0 fully saturated rings. The first-order chi connectivity index (χ1) is 5.91. The number of hydrogen-bond donors (Lipinski definition) is 1. The maximum Gasteiger partial charge on any atom is 0.0592 e. The summed E-state index contributed by atoms with van der Waals surface area (Å²) in [6.07, 6.45) is 3.38. The zero-order valence-electron chi connectivity index (χ0n) is 8.21. The van der Waals surface area contributed by atoms with E-state index < -0.39 is 0 Å². The summed E-state index contributed by atoms with van der Waals surface area (Å²) in [6.45, 7) is 6.29. The molecular formula is C10H15ClN2. The van der Waals surface area contributed by atoms with Crippen LogP contribution in [0.4, 0.5) is 0 Å². The van der Waals surface area contributed by atoms with Gasteiger partial charge in [-0.3, -0.25) is 4.98 Å². The lowest BCUT2D eigenvalue weighted by molar-refractivity contribution is 0.326. The summed E-state index contributed by atoms with van der Waals surface area (Å²) < 4.78 is 0. The molecule has 2 N–H and O–H groups in total. The van der Waals surface area contributed by atoms with Gasteiger partial charge in [-0.2, -0.15) is 0 Å². The van der Waals surface area contributed by atoms with Gasteiger partial charge in [0.1, 0.15) is 0 Å². The average Bonchev–Trinajstić information content (AvgIpc) is 2.01. The third kappa shape index (κ3) is 2.68. The first-order valence-electron chi connectivity index (χ1n) is 4.27. The predicted octanol–water partition coefficient (Wildman–Crippen LogP) is 2.78. The summed E-state index contributed by atoms with van der Waals surface area (Å²) in [7, 11) is 0. The largest absolute Gasteiger partial charge is 0.323 e. The van der Waals surface area contributed by atoms with Gasteiger partial charge in [-0.05, 0) is 17.0 Å². The molecule has 2 nitrogen and oxygen atoms in total. The Balaban J connectivity index is 2.96. The van der Waals surface area contributed by atoms with E-state index in [4.69, 9.17) is 17.3 Å². The zero-order valence-corrected chi connectivity index (χ0v) is 8.97. The molecule has 72 valence electrons. The standard InChI is InChI=1S/C10H15ClN2/c1-10(2,3)9(12)7-4-8(11)6-13-5-7/h4-6,9H,12H2,1-3H3. The Morgan fingerprint density at radius 3 is 2.46 bits per heavy atom. The van der Waals surface area contributed by atoms with Crippen LogP contribution in [0.5, 0.6) is 0 Å². The summed E-state index contributed by atoms with van der Waals surface area (Å²) in [5, 5.41) is 0.636. The summed E-state index contributed by atoms with van der Waals surface area (Å²) in [5.41, 5.74) is 7.06.